The van der Waals surface area contributed by atoms with E-state index in [1.54, 1.807) is 12.1 Å². The molecule has 0 bridgehead atoms. The Balaban J connectivity index is 1.58. The van der Waals surface area contributed by atoms with E-state index in [0.717, 1.165) is 19.3 Å². The van der Waals surface area contributed by atoms with Gasteiger partial charge in [-0.15, -0.1) is 0 Å². The van der Waals surface area contributed by atoms with Crippen molar-refractivity contribution in [3.8, 4) is 0 Å². The molecule has 1 heterocycles. The highest BCUT2D eigenvalue weighted by Crippen LogP contribution is 2.15. The smallest absolute Gasteiger partial charge is 0.252 e. The van der Waals surface area contributed by atoms with Crippen LogP contribution in [0.1, 0.15) is 15.9 Å². The summed E-state index contributed by atoms with van der Waals surface area (Å²) in [6, 6.07) is 16.5. The molecule has 2 aromatic carbocycles. The van der Waals surface area contributed by atoms with Crippen LogP contribution in [0.15, 0.2) is 59.5 Å². The van der Waals surface area contributed by atoms with Crippen molar-refractivity contribution in [1.82, 2.24) is 10.2 Å². The van der Waals surface area contributed by atoms with Crippen molar-refractivity contribution in [2.75, 3.05) is 32.5 Å². The number of rotatable bonds is 6. The van der Waals surface area contributed by atoms with Gasteiger partial charge in [0, 0.05) is 32.4 Å². The fourth-order valence-electron chi connectivity index (χ4n) is 3.17. The first-order chi connectivity index (χ1) is 12.9. The van der Waals surface area contributed by atoms with Gasteiger partial charge in [-0.3, -0.25) is 9.69 Å². The van der Waals surface area contributed by atoms with E-state index >= 15 is 0 Å². The minimum absolute atomic E-state index is 0.0396. The van der Waals surface area contributed by atoms with Gasteiger partial charge in [-0.05, 0) is 17.7 Å². The van der Waals surface area contributed by atoms with Gasteiger partial charge in [0.05, 0.1) is 23.2 Å². The minimum Gasteiger partial charge on any atom is -0.374 e. The van der Waals surface area contributed by atoms with Gasteiger partial charge >= 0.3 is 0 Å². The van der Waals surface area contributed by atoms with Gasteiger partial charge in [-0.2, -0.15) is 0 Å². The van der Waals surface area contributed by atoms with Crippen LogP contribution in [-0.4, -0.2) is 57.8 Å². The van der Waals surface area contributed by atoms with Crippen LogP contribution in [0.2, 0.25) is 0 Å². The zero-order valence-electron chi connectivity index (χ0n) is 15.3. The van der Waals surface area contributed by atoms with Crippen molar-refractivity contribution >= 4 is 15.7 Å². The molecule has 0 radical (unpaired) electrons. The van der Waals surface area contributed by atoms with Crippen LogP contribution in [0.25, 0.3) is 0 Å². The van der Waals surface area contributed by atoms with Crippen LogP contribution in [0.5, 0.6) is 0 Å². The standard InChI is InChI=1S/C20H24N2O4S/c1-27(24,25)19-10-6-5-9-18(19)20(23)21-13-17-15-22(11-12-26-17)14-16-7-3-2-4-8-16/h2-10,17H,11-15H2,1H3,(H,21,23). The maximum atomic E-state index is 12.5. The maximum absolute atomic E-state index is 12.5. The molecule has 1 unspecified atom stereocenters. The topological polar surface area (TPSA) is 75.7 Å². The quantitative estimate of drug-likeness (QED) is 0.816. The van der Waals surface area contributed by atoms with Crippen LogP contribution in [0.3, 0.4) is 0 Å². The van der Waals surface area contributed by atoms with E-state index in [4.69, 9.17) is 4.74 Å². The average molecular weight is 388 g/mol. The van der Waals surface area contributed by atoms with Gasteiger partial charge in [-0.25, -0.2) is 8.42 Å². The van der Waals surface area contributed by atoms with E-state index in [1.165, 1.54) is 17.7 Å². The van der Waals surface area contributed by atoms with Crippen molar-refractivity contribution in [2.45, 2.75) is 17.5 Å². The lowest BCUT2D eigenvalue weighted by molar-refractivity contribution is -0.0292. The third-order valence-electron chi connectivity index (χ3n) is 4.49. The van der Waals surface area contributed by atoms with Crippen LogP contribution in [-0.2, 0) is 21.1 Å². The van der Waals surface area contributed by atoms with Crippen LogP contribution in [0, 0.1) is 0 Å². The van der Waals surface area contributed by atoms with Crippen molar-refractivity contribution in [2.24, 2.45) is 0 Å². The summed E-state index contributed by atoms with van der Waals surface area (Å²) in [4.78, 5) is 14.8. The van der Waals surface area contributed by atoms with Crippen molar-refractivity contribution in [3.05, 3.63) is 65.7 Å². The molecule has 6 nitrogen and oxygen atoms in total. The third-order valence-corrected chi connectivity index (χ3v) is 5.65. The second kappa shape index (κ2) is 8.65. The summed E-state index contributed by atoms with van der Waals surface area (Å²) < 4.78 is 29.5. The molecule has 1 aliphatic heterocycles. The molecule has 144 valence electrons. The highest BCUT2D eigenvalue weighted by Gasteiger charge is 2.23. The number of amides is 1. The van der Waals surface area contributed by atoms with Crippen molar-refractivity contribution in [1.29, 1.82) is 0 Å². The number of nitrogens with one attached hydrogen (secondary N) is 1. The first-order valence-corrected chi connectivity index (χ1v) is 10.8. The van der Waals surface area contributed by atoms with E-state index in [-0.39, 0.29) is 16.6 Å². The van der Waals surface area contributed by atoms with Crippen LogP contribution in [0.4, 0.5) is 0 Å². The first kappa shape index (κ1) is 19.5. The highest BCUT2D eigenvalue weighted by atomic mass is 32.2. The number of benzene rings is 2. The second-order valence-electron chi connectivity index (χ2n) is 6.69. The Morgan fingerprint density at radius 1 is 1.15 bits per heavy atom. The Morgan fingerprint density at radius 2 is 1.85 bits per heavy atom. The van der Waals surface area contributed by atoms with E-state index in [0.29, 0.717) is 19.7 Å². The molecule has 0 aromatic heterocycles. The van der Waals surface area contributed by atoms with Gasteiger partial charge < -0.3 is 10.1 Å². The monoisotopic (exact) mass is 388 g/mol. The van der Waals surface area contributed by atoms with Crippen molar-refractivity contribution < 1.29 is 17.9 Å². The SMILES string of the molecule is CS(=O)(=O)c1ccccc1C(=O)NCC1CN(Cc2ccccc2)CCO1. The van der Waals surface area contributed by atoms with Gasteiger partial charge in [-0.1, -0.05) is 42.5 Å². The summed E-state index contributed by atoms with van der Waals surface area (Å²) in [6.07, 6.45) is 0.974. The lowest BCUT2D eigenvalue weighted by Gasteiger charge is -2.33. The Hall–Kier alpha value is -2.22. The Morgan fingerprint density at radius 3 is 2.59 bits per heavy atom. The Kier molecular flexibility index (Phi) is 6.26. The molecule has 1 amide bonds. The molecule has 0 saturated carbocycles. The molecule has 1 aliphatic rings. The predicted molar refractivity (Wildman–Crippen MR) is 103 cm³/mol. The van der Waals surface area contributed by atoms with Crippen LogP contribution < -0.4 is 5.32 Å². The molecule has 7 heteroatoms. The molecule has 1 saturated heterocycles. The summed E-state index contributed by atoms with van der Waals surface area (Å²) in [6.45, 7) is 3.33. The van der Waals surface area contributed by atoms with Gasteiger partial charge in [0.2, 0.25) is 0 Å². The molecule has 3 rings (SSSR count). The van der Waals surface area contributed by atoms with Gasteiger partial charge in [0.1, 0.15) is 0 Å². The molecule has 2 aromatic rings. The number of carbonyl (C=O) groups is 1. The van der Waals surface area contributed by atoms with E-state index in [9.17, 15) is 13.2 Å². The summed E-state index contributed by atoms with van der Waals surface area (Å²) in [5, 5.41) is 2.81. The van der Waals surface area contributed by atoms with Crippen molar-refractivity contribution in [3.63, 3.8) is 0 Å². The largest absolute Gasteiger partial charge is 0.374 e. The number of hydrogen-bond acceptors (Lipinski definition) is 5. The number of sulfone groups is 1. The Bertz CT molecular complexity index is 884. The normalized spacial score (nSPS) is 18.2. The average Bonchev–Trinajstić information content (AvgIpc) is 2.66. The number of morpholine rings is 1. The van der Waals surface area contributed by atoms with E-state index in [1.807, 2.05) is 18.2 Å². The Labute approximate surface area is 160 Å². The molecule has 0 aliphatic carbocycles. The number of nitrogens with zero attached hydrogens (tertiary/aromatic N) is 1. The zero-order chi connectivity index (χ0) is 19.3. The molecule has 0 spiro atoms. The maximum Gasteiger partial charge on any atom is 0.252 e. The lowest BCUT2D eigenvalue weighted by atomic mass is 10.2. The molecule has 1 fully saturated rings. The molecular formula is C20H24N2O4S. The lowest BCUT2D eigenvalue weighted by Crippen LogP contribution is -2.47. The summed E-state index contributed by atoms with van der Waals surface area (Å²) >= 11 is 0. The summed E-state index contributed by atoms with van der Waals surface area (Å²) in [5.74, 6) is -0.403. The molecule has 1 N–H and O–H groups in total. The van der Waals surface area contributed by atoms with Gasteiger partial charge in [0.25, 0.3) is 5.91 Å². The second-order valence-corrected chi connectivity index (χ2v) is 8.68. The summed E-state index contributed by atoms with van der Waals surface area (Å²) in [7, 11) is -3.47. The minimum atomic E-state index is -3.47. The fraction of sp³-hybridized carbons (Fsp3) is 0.350. The highest BCUT2D eigenvalue weighted by molar-refractivity contribution is 7.90. The predicted octanol–water partition coefficient (Wildman–Crippen LogP) is 1.72. The van der Waals surface area contributed by atoms with Gasteiger partial charge in [0.15, 0.2) is 9.84 Å². The fourth-order valence-corrected chi connectivity index (χ4v) is 4.05. The molecular weight excluding hydrogens is 364 g/mol. The summed E-state index contributed by atoms with van der Waals surface area (Å²) in [5.41, 5.74) is 1.40. The first-order valence-electron chi connectivity index (χ1n) is 8.88. The van der Waals surface area contributed by atoms with Crippen LogP contribution >= 0.6 is 0 Å². The zero-order valence-corrected chi connectivity index (χ0v) is 16.1. The van der Waals surface area contributed by atoms with E-state index < -0.39 is 15.7 Å². The number of hydrogen-bond donors (Lipinski definition) is 1. The van der Waals surface area contributed by atoms with E-state index in [2.05, 4.69) is 22.3 Å². The molecule has 1 atom stereocenters. The third kappa shape index (κ3) is 5.38. The number of carbonyl (C=O) groups excluding carboxylic acids is 1. The molecule has 27 heavy (non-hydrogen) atoms. The number of ether oxygens (including phenoxy) is 1.